The second-order valence-corrected chi connectivity index (χ2v) is 8.98. The van der Waals surface area contributed by atoms with E-state index in [1.807, 2.05) is 61.2 Å². The summed E-state index contributed by atoms with van der Waals surface area (Å²) < 4.78 is 5.25. The van der Waals surface area contributed by atoms with E-state index in [2.05, 4.69) is 26.0 Å². The second kappa shape index (κ2) is 9.08. The molecule has 1 saturated heterocycles. The Morgan fingerprint density at radius 3 is 2.81 bits per heavy atom. The first-order chi connectivity index (χ1) is 17.6. The van der Waals surface area contributed by atoms with Gasteiger partial charge in [0.25, 0.3) is 5.56 Å². The van der Waals surface area contributed by atoms with Crippen LogP contribution in [0.4, 0.5) is 17.5 Å². The summed E-state index contributed by atoms with van der Waals surface area (Å²) >= 11 is 0. The van der Waals surface area contributed by atoms with Gasteiger partial charge in [-0.05, 0) is 63.2 Å². The van der Waals surface area contributed by atoms with Crippen molar-refractivity contribution < 1.29 is 0 Å². The minimum Gasteiger partial charge on any atom is -0.367 e. The quantitative estimate of drug-likeness (QED) is 0.337. The van der Waals surface area contributed by atoms with Gasteiger partial charge in [0.05, 0.1) is 11.7 Å². The number of aryl methyl sites for hydroxylation is 1. The average Bonchev–Trinajstić information content (AvgIpc) is 3.40. The summed E-state index contributed by atoms with van der Waals surface area (Å²) in [5, 5.41) is 15.9. The Kier molecular flexibility index (Phi) is 5.61. The van der Waals surface area contributed by atoms with Crippen LogP contribution in [0.1, 0.15) is 19.8 Å². The molecule has 4 aromatic heterocycles. The molecule has 1 fully saturated rings. The number of anilines is 3. The van der Waals surface area contributed by atoms with E-state index in [9.17, 15) is 4.79 Å². The van der Waals surface area contributed by atoms with Gasteiger partial charge in [0.15, 0.2) is 11.5 Å². The number of nitrogens with one attached hydrogen (secondary N) is 3. The first-order valence-electron chi connectivity index (χ1n) is 12.2. The summed E-state index contributed by atoms with van der Waals surface area (Å²) in [6.45, 7) is 4.40. The predicted molar refractivity (Wildman–Crippen MR) is 140 cm³/mol. The van der Waals surface area contributed by atoms with E-state index in [1.165, 1.54) is 0 Å². The zero-order valence-corrected chi connectivity index (χ0v) is 20.3. The molecule has 0 spiro atoms. The van der Waals surface area contributed by atoms with Crippen molar-refractivity contribution in [3.63, 3.8) is 0 Å². The molecular formula is C25H28N10O. The van der Waals surface area contributed by atoms with Crippen molar-refractivity contribution in [1.82, 2.24) is 39.4 Å². The number of pyridine rings is 1. The first-order valence-corrected chi connectivity index (χ1v) is 12.2. The number of rotatable bonds is 6. The molecule has 11 nitrogen and oxygen atoms in total. The molecule has 11 heteroatoms. The fourth-order valence-corrected chi connectivity index (χ4v) is 4.77. The molecule has 0 amide bonds. The van der Waals surface area contributed by atoms with Crippen molar-refractivity contribution in [3.05, 3.63) is 59.1 Å². The molecule has 5 aromatic rings. The van der Waals surface area contributed by atoms with E-state index >= 15 is 0 Å². The fraction of sp³-hybridized carbons (Fsp3) is 0.320. The average molecular weight is 485 g/mol. The number of aromatic nitrogens is 7. The molecule has 0 radical (unpaired) electrons. The number of hydrogen-bond acceptors (Lipinski definition) is 8. The Morgan fingerprint density at radius 1 is 1.11 bits per heavy atom. The Labute approximate surface area is 207 Å². The normalized spacial score (nSPS) is 14.5. The Bertz CT molecular complexity index is 1610. The van der Waals surface area contributed by atoms with E-state index in [1.54, 1.807) is 15.6 Å². The maximum atomic E-state index is 13.2. The lowest BCUT2D eigenvalue weighted by Crippen LogP contribution is -2.35. The lowest BCUT2D eigenvalue weighted by atomic mass is 10.1. The van der Waals surface area contributed by atoms with Crippen LogP contribution in [0.3, 0.4) is 0 Å². The van der Waals surface area contributed by atoms with Crippen LogP contribution in [0.25, 0.3) is 27.8 Å². The SMILES string of the molecule is CCn1c(=O)c2cnc(Nc3ccc4c(cnn4C)c3)nc2n1-c1cccc(NC2CCNCC2)n1. The molecule has 1 aliphatic heterocycles. The standard InChI is InChI=1S/C25H28N10O/c1-3-34-24(36)19-15-27-25(30-18-7-8-20-16(13-18)14-28-33(20)2)32-23(19)35(34)22-6-4-5-21(31-22)29-17-9-11-26-12-10-17/h4-8,13-15,17,26H,3,9-12H2,1-2H3,(H,29,31)(H,27,30,32). The molecule has 1 aromatic carbocycles. The molecule has 0 unspecified atom stereocenters. The molecule has 1 aliphatic rings. The van der Waals surface area contributed by atoms with Gasteiger partial charge in [0, 0.05) is 36.9 Å². The van der Waals surface area contributed by atoms with Crippen molar-refractivity contribution >= 4 is 39.4 Å². The smallest absolute Gasteiger partial charge is 0.278 e. The minimum atomic E-state index is -0.144. The molecule has 36 heavy (non-hydrogen) atoms. The van der Waals surface area contributed by atoms with Gasteiger partial charge >= 0.3 is 0 Å². The largest absolute Gasteiger partial charge is 0.367 e. The zero-order valence-electron chi connectivity index (χ0n) is 20.3. The van der Waals surface area contributed by atoms with Gasteiger partial charge in [0.1, 0.15) is 11.2 Å². The third kappa shape index (κ3) is 3.97. The Balaban J connectivity index is 1.38. The monoisotopic (exact) mass is 484 g/mol. The highest BCUT2D eigenvalue weighted by Gasteiger charge is 2.19. The second-order valence-electron chi connectivity index (χ2n) is 8.98. The number of nitrogens with zero attached hydrogens (tertiary/aromatic N) is 7. The van der Waals surface area contributed by atoms with Gasteiger partial charge < -0.3 is 16.0 Å². The van der Waals surface area contributed by atoms with Crippen molar-refractivity contribution in [2.75, 3.05) is 23.7 Å². The highest BCUT2D eigenvalue weighted by Crippen LogP contribution is 2.22. The van der Waals surface area contributed by atoms with E-state index in [-0.39, 0.29) is 5.56 Å². The topological polar surface area (TPSA) is 120 Å². The fourth-order valence-electron chi connectivity index (χ4n) is 4.77. The van der Waals surface area contributed by atoms with Gasteiger partial charge in [-0.3, -0.25) is 9.48 Å². The van der Waals surface area contributed by atoms with Crippen LogP contribution in [-0.2, 0) is 13.6 Å². The van der Waals surface area contributed by atoms with Crippen LogP contribution in [0, 0.1) is 0 Å². The number of piperidine rings is 1. The summed E-state index contributed by atoms with van der Waals surface area (Å²) in [5.41, 5.74) is 2.24. The van der Waals surface area contributed by atoms with E-state index in [0.29, 0.717) is 35.4 Å². The summed E-state index contributed by atoms with van der Waals surface area (Å²) in [7, 11) is 1.91. The van der Waals surface area contributed by atoms with Crippen LogP contribution in [0.2, 0.25) is 0 Å². The molecule has 184 valence electrons. The van der Waals surface area contributed by atoms with Crippen LogP contribution in [-0.4, -0.2) is 53.2 Å². The highest BCUT2D eigenvalue weighted by molar-refractivity contribution is 5.83. The summed E-state index contributed by atoms with van der Waals surface area (Å²) in [6.07, 6.45) is 5.49. The zero-order chi connectivity index (χ0) is 24.6. The van der Waals surface area contributed by atoms with Crippen LogP contribution in [0.5, 0.6) is 0 Å². The van der Waals surface area contributed by atoms with Crippen LogP contribution in [0.15, 0.2) is 53.6 Å². The van der Waals surface area contributed by atoms with Gasteiger partial charge in [-0.1, -0.05) is 6.07 Å². The molecule has 0 saturated carbocycles. The van der Waals surface area contributed by atoms with Crippen LogP contribution < -0.4 is 21.5 Å². The molecule has 0 bridgehead atoms. The predicted octanol–water partition coefficient (Wildman–Crippen LogP) is 2.79. The summed E-state index contributed by atoms with van der Waals surface area (Å²) in [4.78, 5) is 27.2. The van der Waals surface area contributed by atoms with E-state index < -0.39 is 0 Å². The van der Waals surface area contributed by atoms with Gasteiger partial charge in [0.2, 0.25) is 5.95 Å². The van der Waals surface area contributed by atoms with Crippen molar-refractivity contribution in [2.24, 2.45) is 7.05 Å². The molecule has 6 rings (SSSR count). The number of hydrogen-bond donors (Lipinski definition) is 3. The highest BCUT2D eigenvalue weighted by atomic mass is 16.1. The van der Waals surface area contributed by atoms with E-state index in [0.717, 1.165) is 48.3 Å². The van der Waals surface area contributed by atoms with Gasteiger partial charge in [-0.2, -0.15) is 10.1 Å². The molecule has 0 aliphatic carbocycles. The van der Waals surface area contributed by atoms with Crippen LogP contribution >= 0.6 is 0 Å². The molecular weight excluding hydrogens is 456 g/mol. The minimum absolute atomic E-state index is 0.144. The molecule has 0 atom stereocenters. The van der Waals surface area contributed by atoms with Crippen molar-refractivity contribution in [1.29, 1.82) is 0 Å². The summed E-state index contributed by atoms with van der Waals surface area (Å²) in [5.74, 6) is 1.81. The molecule has 5 heterocycles. The molecule has 3 N–H and O–H groups in total. The van der Waals surface area contributed by atoms with E-state index in [4.69, 9.17) is 9.97 Å². The summed E-state index contributed by atoms with van der Waals surface area (Å²) in [6, 6.07) is 12.1. The lowest BCUT2D eigenvalue weighted by molar-refractivity contribution is 0.478. The Hall–Kier alpha value is -4.25. The third-order valence-corrected chi connectivity index (χ3v) is 6.62. The maximum absolute atomic E-state index is 13.2. The number of fused-ring (bicyclic) bond motifs is 2. The maximum Gasteiger partial charge on any atom is 0.278 e. The third-order valence-electron chi connectivity index (χ3n) is 6.62. The Morgan fingerprint density at radius 2 is 1.97 bits per heavy atom. The first kappa shape index (κ1) is 22.2. The number of benzene rings is 1. The van der Waals surface area contributed by atoms with Crippen molar-refractivity contribution in [3.8, 4) is 5.82 Å². The van der Waals surface area contributed by atoms with Gasteiger partial charge in [-0.25, -0.2) is 19.3 Å². The van der Waals surface area contributed by atoms with Gasteiger partial charge in [-0.15, -0.1) is 0 Å². The van der Waals surface area contributed by atoms with Crippen molar-refractivity contribution in [2.45, 2.75) is 32.4 Å². The lowest BCUT2D eigenvalue weighted by Gasteiger charge is -2.24.